The number of allylic oxidation sites excluding steroid dienone is 2. The van der Waals surface area contributed by atoms with Crippen molar-refractivity contribution in [3.63, 3.8) is 0 Å². The van der Waals surface area contributed by atoms with Gasteiger partial charge in [-0.2, -0.15) is 0 Å². The van der Waals surface area contributed by atoms with Crippen LogP contribution in [0.2, 0.25) is 8.26 Å². The van der Waals surface area contributed by atoms with E-state index in [4.69, 9.17) is 0 Å². The van der Waals surface area contributed by atoms with Crippen molar-refractivity contribution in [3.8, 4) is 0 Å². The second-order valence-electron chi connectivity index (χ2n) is 10.8. The Labute approximate surface area is 212 Å². The topological polar surface area (TPSA) is 0 Å². The van der Waals surface area contributed by atoms with E-state index in [0.717, 1.165) is 19.1 Å². The number of benzene rings is 2. The normalized spacial score (nSPS) is 21.3. The standard InChI is InChI=1S/2C13H15.C3H6.2ClH.Zr/c2*1-10(2)7-11-8-12-5-3-4-6-13(12)9-11;1-3-2;;;/h2*3-6,8-10H,7H2,1-2H3;1-3H2;2*1H;/q;;;;;+2/p-2. The maximum Gasteiger partial charge on any atom is -1.00 e. The molecule has 0 spiro atoms. The Bertz CT molecular complexity index is 936. The molecular weight excluding hydrogens is 510 g/mol. The van der Waals surface area contributed by atoms with Gasteiger partial charge in [0, 0.05) is 0 Å². The van der Waals surface area contributed by atoms with Crippen molar-refractivity contribution in [2.24, 2.45) is 11.8 Å². The number of hydrogen-bond acceptors (Lipinski definition) is 0. The van der Waals surface area contributed by atoms with Crippen molar-refractivity contribution in [2.75, 3.05) is 0 Å². The molecule has 3 heteroatoms. The predicted octanol–water partition coefficient (Wildman–Crippen LogP) is 2.76. The quantitative estimate of drug-likeness (QED) is 0.523. The Hall–Kier alpha value is -0.617. The van der Waals surface area contributed by atoms with E-state index in [1.54, 1.807) is 30.5 Å². The summed E-state index contributed by atoms with van der Waals surface area (Å²) in [6, 6.07) is 18.8. The molecule has 0 bridgehead atoms. The molecule has 2 aromatic rings. The van der Waals surface area contributed by atoms with Crippen LogP contribution >= 0.6 is 0 Å². The van der Waals surface area contributed by atoms with Gasteiger partial charge in [-0.1, -0.05) is 0 Å². The monoisotopic (exact) mass is 544 g/mol. The van der Waals surface area contributed by atoms with Crippen LogP contribution < -0.4 is 24.8 Å². The summed E-state index contributed by atoms with van der Waals surface area (Å²) in [6.45, 7) is 9.61. The van der Waals surface area contributed by atoms with E-state index >= 15 is 0 Å². The Morgan fingerprint density at radius 2 is 1.09 bits per heavy atom. The van der Waals surface area contributed by atoms with Crippen LogP contribution in [0, 0.1) is 11.8 Å². The van der Waals surface area contributed by atoms with E-state index < -0.39 is 20.3 Å². The largest absolute Gasteiger partial charge is 1.00 e. The molecule has 1 aliphatic heterocycles. The minimum Gasteiger partial charge on any atom is -1.00 e. The Kier molecular flexibility index (Phi) is 8.39. The molecule has 0 saturated carbocycles. The fraction of sp³-hybridized carbons (Fsp3) is 0.448. The zero-order chi connectivity index (χ0) is 20.9. The van der Waals surface area contributed by atoms with E-state index in [-0.39, 0.29) is 24.8 Å². The average molecular weight is 547 g/mol. The van der Waals surface area contributed by atoms with E-state index in [0.29, 0.717) is 0 Å². The van der Waals surface area contributed by atoms with Gasteiger partial charge in [0.05, 0.1) is 0 Å². The number of hydrogen-bond donors (Lipinski definition) is 0. The number of halogens is 2. The molecule has 0 N–H and O–H groups in total. The molecule has 2 aromatic carbocycles. The Morgan fingerprint density at radius 3 is 1.44 bits per heavy atom. The average Bonchev–Trinajstić information content (AvgIpc) is 3.19. The molecule has 2 atom stereocenters. The SMILES string of the molecule is CC(C)CC1=Cc2ccccc2[CH]1[Zr+2]1([CH]2C(CC(C)C)=Cc3ccccc32)[CH2]C[CH2]1.[Cl-].[Cl-]. The van der Waals surface area contributed by atoms with Gasteiger partial charge < -0.3 is 24.8 Å². The summed E-state index contributed by atoms with van der Waals surface area (Å²) in [5.74, 6) is 1.47. The second kappa shape index (κ2) is 10.3. The maximum atomic E-state index is 2.60. The van der Waals surface area contributed by atoms with Gasteiger partial charge in [-0.25, -0.2) is 0 Å². The van der Waals surface area contributed by atoms with Crippen LogP contribution in [0.5, 0.6) is 0 Å². The van der Waals surface area contributed by atoms with Crippen LogP contribution in [0.25, 0.3) is 12.2 Å². The molecule has 1 heterocycles. The number of rotatable bonds is 6. The third kappa shape index (κ3) is 4.40. The fourth-order valence-electron chi connectivity index (χ4n) is 6.76. The van der Waals surface area contributed by atoms with Crippen molar-refractivity contribution in [1.82, 2.24) is 0 Å². The fourth-order valence-corrected chi connectivity index (χ4v) is 22.2. The zero-order valence-corrected chi connectivity index (χ0v) is 23.8. The van der Waals surface area contributed by atoms with Crippen molar-refractivity contribution in [3.05, 3.63) is 81.9 Å². The van der Waals surface area contributed by atoms with Crippen LogP contribution in [0.3, 0.4) is 0 Å². The molecule has 32 heavy (non-hydrogen) atoms. The van der Waals surface area contributed by atoms with Gasteiger partial charge in [-0.05, 0) is 0 Å². The minimum absolute atomic E-state index is 0. The van der Waals surface area contributed by atoms with Gasteiger partial charge in [-0.3, -0.25) is 0 Å². The van der Waals surface area contributed by atoms with Gasteiger partial charge in [0.25, 0.3) is 0 Å². The molecule has 2 unspecified atom stereocenters. The Balaban J connectivity index is 0.00000144. The third-order valence-corrected chi connectivity index (χ3v) is 23.1. The molecule has 170 valence electrons. The van der Waals surface area contributed by atoms with Crippen LogP contribution in [0.15, 0.2) is 59.7 Å². The zero-order valence-electron chi connectivity index (χ0n) is 19.9. The smallest absolute Gasteiger partial charge is 1.00 e. The third-order valence-electron chi connectivity index (χ3n) is 7.76. The summed E-state index contributed by atoms with van der Waals surface area (Å²) in [6.07, 6.45) is 9.22. The van der Waals surface area contributed by atoms with E-state index in [1.165, 1.54) is 30.4 Å². The van der Waals surface area contributed by atoms with E-state index in [1.807, 2.05) is 0 Å². The Morgan fingerprint density at radius 1 is 0.688 bits per heavy atom. The van der Waals surface area contributed by atoms with Gasteiger partial charge >= 0.3 is 189 Å². The maximum absolute atomic E-state index is 2.60. The van der Waals surface area contributed by atoms with Crippen LogP contribution in [-0.4, -0.2) is 0 Å². The molecule has 0 nitrogen and oxygen atoms in total. The summed E-state index contributed by atoms with van der Waals surface area (Å²) in [5.41, 5.74) is 10.0. The van der Waals surface area contributed by atoms with Crippen LogP contribution in [0.1, 0.15) is 76.5 Å². The van der Waals surface area contributed by atoms with Crippen molar-refractivity contribution >= 4 is 12.2 Å². The molecule has 0 amide bonds. The van der Waals surface area contributed by atoms with Gasteiger partial charge in [-0.15, -0.1) is 0 Å². The molecule has 0 aromatic heterocycles. The van der Waals surface area contributed by atoms with Crippen molar-refractivity contribution < 1.29 is 45.1 Å². The summed E-state index contributed by atoms with van der Waals surface area (Å²) in [5, 5.41) is 0. The molecule has 5 rings (SSSR count). The van der Waals surface area contributed by atoms with Gasteiger partial charge in [0.2, 0.25) is 0 Å². The van der Waals surface area contributed by atoms with Gasteiger partial charge in [0.15, 0.2) is 0 Å². The first kappa shape index (κ1) is 26.0. The van der Waals surface area contributed by atoms with E-state index in [2.05, 4.69) is 88.4 Å². The van der Waals surface area contributed by atoms with Crippen molar-refractivity contribution in [2.45, 2.75) is 62.5 Å². The van der Waals surface area contributed by atoms with E-state index in [9.17, 15) is 0 Å². The molecule has 2 aliphatic carbocycles. The summed E-state index contributed by atoms with van der Waals surface area (Å²) < 4.78 is 4.71. The van der Waals surface area contributed by atoms with Gasteiger partial charge in [0.1, 0.15) is 0 Å². The van der Waals surface area contributed by atoms with Crippen molar-refractivity contribution in [1.29, 1.82) is 0 Å². The molecule has 0 radical (unpaired) electrons. The first-order chi connectivity index (χ1) is 14.5. The molecular formula is C29H36Cl2Zr. The second-order valence-corrected chi connectivity index (χ2v) is 22.2. The summed E-state index contributed by atoms with van der Waals surface area (Å²) in [4.78, 5) is 0. The first-order valence-corrected chi connectivity index (χ1v) is 18.4. The summed E-state index contributed by atoms with van der Waals surface area (Å²) >= 11 is -2.56. The summed E-state index contributed by atoms with van der Waals surface area (Å²) in [7, 11) is 0. The first-order valence-electron chi connectivity index (χ1n) is 12.1. The molecule has 3 aliphatic rings. The number of fused-ring (bicyclic) bond motifs is 2. The molecule has 1 saturated heterocycles. The molecule has 1 fully saturated rings. The van der Waals surface area contributed by atoms with Crippen LogP contribution in [0.4, 0.5) is 0 Å². The predicted molar refractivity (Wildman–Crippen MR) is 127 cm³/mol. The minimum atomic E-state index is -2.56. The van der Waals surface area contributed by atoms with Crippen LogP contribution in [-0.2, 0) is 20.3 Å².